The van der Waals surface area contributed by atoms with Crippen LogP contribution in [-0.2, 0) is 20.0 Å². The van der Waals surface area contributed by atoms with Crippen LogP contribution in [0.15, 0.2) is 60.7 Å². The number of aromatic nitrogens is 3. The molecule has 4 aromatic rings. The number of rotatable bonds is 6. The van der Waals surface area contributed by atoms with Gasteiger partial charge in [-0.1, -0.05) is 30.3 Å². The molecule has 2 aromatic heterocycles. The molecule has 6 heteroatoms. The highest BCUT2D eigenvalue weighted by molar-refractivity contribution is 5.98. The molecule has 2 aliphatic rings. The van der Waals surface area contributed by atoms with Gasteiger partial charge in [0.15, 0.2) is 5.82 Å². The Hall–Kier alpha value is -3.38. The lowest BCUT2D eigenvalue weighted by molar-refractivity contribution is 0.0709. The van der Waals surface area contributed by atoms with E-state index in [1.54, 1.807) is 0 Å². The van der Waals surface area contributed by atoms with Crippen molar-refractivity contribution in [2.45, 2.75) is 44.7 Å². The number of imidazole rings is 1. The molecular formula is C29H33N5O. The maximum Gasteiger partial charge on any atom is 0.253 e. The van der Waals surface area contributed by atoms with Crippen LogP contribution >= 0.6 is 0 Å². The van der Waals surface area contributed by atoms with Gasteiger partial charge in [0.1, 0.15) is 0 Å². The second-order valence-electron chi connectivity index (χ2n) is 10.3. The summed E-state index contributed by atoms with van der Waals surface area (Å²) < 4.78 is 4.62. The topological polar surface area (TPSA) is 69.1 Å². The Morgan fingerprint density at radius 3 is 2.66 bits per heavy atom. The molecule has 0 bridgehead atoms. The summed E-state index contributed by atoms with van der Waals surface area (Å²) in [6, 6.07) is 21.1. The SMILES string of the molecule is Cn1c(-c2ccc(Cc3ccccc3)n2CC2CC2)nc2cc(C(=O)N3CCC[C@@H](N)C3)ccc21. The standard InChI is InChI=1S/C29H33N5O/c1-32-26-13-11-22(29(35)33-15-5-8-23(30)19-33)17-25(26)31-28(32)27-14-12-24(34(27)18-21-9-10-21)16-20-6-3-2-4-7-20/h2-4,6-7,11-14,17,21,23H,5,8-10,15-16,18-19,30H2,1H3/t23-/m1/s1. The molecule has 0 spiro atoms. The molecular weight excluding hydrogens is 434 g/mol. The molecule has 1 saturated carbocycles. The minimum Gasteiger partial charge on any atom is -0.341 e. The highest BCUT2D eigenvalue weighted by Crippen LogP contribution is 2.35. The van der Waals surface area contributed by atoms with E-state index < -0.39 is 0 Å². The quantitative estimate of drug-likeness (QED) is 0.450. The van der Waals surface area contributed by atoms with Crippen LogP contribution in [0.5, 0.6) is 0 Å². The van der Waals surface area contributed by atoms with Gasteiger partial charge < -0.3 is 19.8 Å². The van der Waals surface area contributed by atoms with E-state index in [0.29, 0.717) is 12.1 Å². The molecule has 1 aliphatic carbocycles. The Morgan fingerprint density at radius 1 is 1.06 bits per heavy atom. The lowest BCUT2D eigenvalue weighted by Gasteiger charge is -2.30. The number of piperidine rings is 1. The summed E-state index contributed by atoms with van der Waals surface area (Å²) in [7, 11) is 2.07. The largest absolute Gasteiger partial charge is 0.341 e. The molecule has 6 nitrogen and oxygen atoms in total. The van der Waals surface area contributed by atoms with E-state index in [-0.39, 0.29) is 11.9 Å². The molecule has 2 aromatic carbocycles. The predicted octanol–water partition coefficient (Wildman–Crippen LogP) is 4.61. The van der Waals surface area contributed by atoms with Gasteiger partial charge >= 0.3 is 0 Å². The van der Waals surface area contributed by atoms with Crippen LogP contribution in [0.2, 0.25) is 0 Å². The molecule has 1 aliphatic heterocycles. The third-order valence-corrected chi connectivity index (χ3v) is 7.54. The van der Waals surface area contributed by atoms with Crippen LogP contribution in [0, 0.1) is 5.92 Å². The van der Waals surface area contributed by atoms with E-state index in [0.717, 1.165) is 60.8 Å². The van der Waals surface area contributed by atoms with Crippen molar-refractivity contribution in [3.8, 4) is 11.5 Å². The molecule has 35 heavy (non-hydrogen) atoms. The van der Waals surface area contributed by atoms with Gasteiger partial charge in [0.2, 0.25) is 0 Å². The van der Waals surface area contributed by atoms with E-state index in [1.165, 1.54) is 24.1 Å². The summed E-state index contributed by atoms with van der Waals surface area (Å²) in [4.78, 5) is 20.1. The van der Waals surface area contributed by atoms with Crippen molar-refractivity contribution in [3.63, 3.8) is 0 Å². The normalized spacial score (nSPS) is 18.3. The number of nitrogens with two attached hydrogens (primary N) is 1. The van der Waals surface area contributed by atoms with Gasteiger partial charge in [-0.2, -0.15) is 0 Å². The van der Waals surface area contributed by atoms with E-state index >= 15 is 0 Å². The van der Waals surface area contributed by atoms with Gasteiger partial charge in [-0.15, -0.1) is 0 Å². The third-order valence-electron chi connectivity index (χ3n) is 7.54. The van der Waals surface area contributed by atoms with Crippen LogP contribution in [0.25, 0.3) is 22.6 Å². The van der Waals surface area contributed by atoms with Gasteiger partial charge in [-0.3, -0.25) is 4.79 Å². The molecule has 1 amide bonds. The number of carbonyl (C=O) groups excluding carboxylic acids is 1. The van der Waals surface area contributed by atoms with Crippen LogP contribution in [0.4, 0.5) is 0 Å². The molecule has 0 unspecified atom stereocenters. The lowest BCUT2D eigenvalue weighted by Crippen LogP contribution is -2.45. The summed E-state index contributed by atoms with van der Waals surface area (Å²) in [5.41, 5.74) is 12.5. The lowest BCUT2D eigenvalue weighted by atomic mass is 10.1. The molecule has 0 radical (unpaired) electrons. The van der Waals surface area contributed by atoms with E-state index in [4.69, 9.17) is 10.7 Å². The van der Waals surface area contributed by atoms with Crippen LogP contribution in [-0.4, -0.2) is 44.1 Å². The van der Waals surface area contributed by atoms with Crippen molar-refractivity contribution in [1.29, 1.82) is 0 Å². The number of carbonyl (C=O) groups is 1. The fraction of sp³-hybridized carbons (Fsp3) is 0.379. The van der Waals surface area contributed by atoms with Crippen molar-refractivity contribution in [2.75, 3.05) is 13.1 Å². The average Bonchev–Trinajstić information content (AvgIpc) is 3.54. The number of aryl methyl sites for hydroxylation is 1. The van der Waals surface area contributed by atoms with Gasteiger partial charge in [0.25, 0.3) is 5.91 Å². The Labute approximate surface area is 206 Å². The minimum atomic E-state index is 0.0523. The van der Waals surface area contributed by atoms with Crippen molar-refractivity contribution in [2.24, 2.45) is 18.7 Å². The third kappa shape index (κ3) is 4.39. The number of amides is 1. The summed E-state index contributed by atoms with van der Waals surface area (Å²) in [5.74, 6) is 1.76. The van der Waals surface area contributed by atoms with Crippen molar-refractivity contribution in [3.05, 3.63) is 77.5 Å². The van der Waals surface area contributed by atoms with Gasteiger partial charge in [-0.05, 0) is 67.5 Å². The maximum absolute atomic E-state index is 13.1. The molecule has 2 fully saturated rings. The fourth-order valence-corrected chi connectivity index (χ4v) is 5.38. The second kappa shape index (κ2) is 9.00. The molecule has 1 atom stereocenters. The number of likely N-dealkylation sites (tertiary alicyclic amines) is 1. The average molecular weight is 468 g/mol. The molecule has 2 N–H and O–H groups in total. The minimum absolute atomic E-state index is 0.0523. The van der Waals surface area contributed by atoms with Gasteiger partial charge in [0, 0.05) is 50.4 Å². The number of benzene rings is 2. The smallest absolute Gasteiger partial charge is 0.253 e. The number of hydrogen-bond acceptors (Lipinski definition) is 3. The second-order valence-corrected chi connectivity index (χ2v) is 10.3. The predicted molar refractivity (Wildman–Crippen MR) is 139 cm³/mol. The molecule has 1 saturated heterocycles. The van der Waals surface area contributed by atoms with Gasteiger partial charge in [0.05, 0.1) is 16.7 Å². The Kier molecular flexibility index (Phi) is 5.69. The monoisotopic (exact) mass is 467 g/mol. The first-order valence-electron chi connectivity index (χ1n) is 12.8. The Morgan fingerprint density at radius 2 is 1.89 bits per heavy atom. The number of nitrogens with zero attached hydrogens (tertiary/aromatic N) is 4. The van der Waals surface area contributed by atoms with Crippen LogP contribution in [0.1, 0.15) is 47.3 Å². The Balaban J connectivity index is 1.35. The number of fused-ring (bicyclic) bond motifs is 1. The van der Waals surface area contributed by atoms with Crippen LogP contribution < -0.4 is 5.73 Å². The summed E-state index contributed by atoms with van der Waals surface area (Å²) in [6.45, 7) is 2.44. The van der Waals surface area contributed by atoms with E-state index in [1.807, 2.05) is 23.1 Å². The molecule has 180 valence electrons. The van der Waals surface area contributed by atoms with Crippen molar-refractivity contribution in [1.82, 2.24) is 19.0 Å². The molecule has 3 heterocycles. The first-order chi connectivity index (χ1) is 17.1. The summed E-state index contributed by atoms with van der Waals surface area (Å²) in [5, 5.41) is 0. The first kappa shape index (κ1) is 22.1. The van der Waals surface area contributed by atoms with Crippen molar-refractivity contribution < 1.29 is 4.79 Å². The zero-order valence-corrected chi connectivity index (χ0v) is 20.4. The Bertz CT molecular complexity index is 1360. The van der Waals surface area contributed by atoms with Crippen LogP contribution in [0.3, 0.4) is 0 Å². The highest BCUT2D eigenvalue weighted by atomic mass is 16.2. The highest BCUT2D eigenvalue weighted by Gasteiger charge is 2.26. The molecule has 6 rings (SSSR count). The summed E-state index contributed by atoms with van der Waals surface area (Å²) >= 11 is 0. The van der Waals surface area contributed by atoms with Gasteiger partial charge in [-0.25, -0.2) is 4.98 Å². The fourth-order valence-electron chi connectivity index (χ4n) is 5.38. The summed E-state index contributed by atoms with van der Waals surface area (Å²) in [6.07, 6.45) is 5.46. The first-order valence-corrected chi connectivity index (χ1v) is 12.8. The van der Waals surface area contributed by atoms with E-state index in [9.17, 15) is 4.79 Å². The number of hydrogen-bond donors (Lipinski definition) is 1. The maximum atomic E-state index is 13.1. The van der Waals surface area contributed by atoms with E-state index in [2.05, 4.69) is 58.6 Å². The zero-order chi connectivity index (χ0) is 23.9. The zero-order valence-electron chi connectivity index (χ0n) is 20.4. The van der Waals surface area contributed by atoms with Crippen molar-refractivity contribution >= 4 is 16.9 Å².